The molecule has 0 bridgehead atoms. The zero-order valence-electron chi connectivity index (χ0n) is 8.64. The van der Waals surface area contributed by atoms with Crippen LogP contribution in [-0.4, -0.2) is 26.2 Å². The quantitative estimate of drug-likeness (QED) is 0.631. The Morgan fingerprint density at radius 3 is 2.73 bits per heavy atom. The first-order chi connectivity index (χ1) is 6.97. The third kappa shape index (κ3) is 5.69. The number of hydrogen-bond acceptors (Lipinski definition) is 4. The predicted octanol–water partition coefficient (Wildman–Crippen LogP) is 1.55. The summed E-state index contributed by atoms with van der Waals surface area (Å²) >= 11 is 1.61. The summed E-state index contributed by atoms with van der Waals surface area (Å²) in [6.45, 7) is 0. The van der Waals surface area contributed by atoms with Crippen LogP contribution in [0.4, 0.5) is 5.69 Å². The summed E-state index contributed by atoms with van der Waals surface area (Å²) in [7, 11) is -2.83. The van der Waals surface area contributed by atoms with E-state index in [1.54, 1.807) is 11.8 Å². The van der Waals surface area contributed by atoms with E-state index < -0.39 is 9.84 Å². The summed E-state index contributed by atoms with van der Waals surface area (Å²) in [6.07, 6.45) is 1.26. The molecule has 84 valence electrons. The third-order valence-corrected chi connectivity index (χ3v) is 4.05. The van der Waals surface area contributed by atoms with E-state index in [1.165, 1.54) is 6.26 Å². The van der Waals surface area contributed by atoms with Gasteiger partial charge in [0.1, 0.15) is 9.84 Å². The molecule has 1 rings (SSSR count). The largest absolute Gasteiger partial charge is 0.399 e. The molecule has 0 saturated carbocycles. The number of nitrogen functional groups attached to an aromatic ring is 1. The Balaban J connectivity index is 2.32. The first-order valence-corrected chi connectivity index (χ1v) is 7.79. The molecular weight excluding hydrogens is 230 g/mol. The van der Waals surface area contributed by atoms with E-state index in [2.05, 4.69) is 0 Å². The first kappa shape index (κ1) is 12.4. The van der Waals surface area contributed by atoms with Gasteiger partial charge in [0, 0.05) is 23.4 Å². The molecule has 0 aliphatic carbocycles. The van der Waals surface area contributed by atoms with Crippen LogP contribution in [0.2, 0.25) is 0 Å². The monoisotopic (exact) mass is 245 g/mol. The number of hydrogen-bond donors (Lipinski definition) is 1. The van der Waals surface area contributed by atoms with Gasteiger partial charge in [-0.25, -0.2) is 8.42 Å². The second-order valence-corrected chi connectivity index (χ2v) is 6.79. The topological polar surface area (TPSA) is 60.2 Å². The van der Waals surface area contributed by atoms with Crippen LogP contribution < -0.4 is 5.73 Å². The van der Waals surface area contributed by atoms with Gasteiger partial charge in [0.25, 0.3) is 0 Å². The lowest BCUT2D eigenvalue weighted by Crippen LogP contribution is -2.05. The van der Waals surface area contributed by atoms with Crippen molar-refractivity contribution < 1.29 is 8.42 Å². The molecule has 0 aliphatic heterocycles. The van der Waals surface area contributed by atoms with E-state index in [-0.39, 0.29) is 5.75 Å². The van der Waals surface area contributed by atoms with E-state index in [0.717, 1.165) is 17.0 Å². The number of benzene rings is 1. The molecule has 0 unspecified atom stereocenters. The summed E-state index contributed by atoms with van der Waals surface area (Å²) in [5, 5.41) is 0. The van der Waals surface area contributed by atoms with Gasteiger partial charge in [-0.05, 0) is 17.7 Å². The fraction of sp³-hybridized carbons (Fsp3) is 0.400. The van der Waals surface area contributed by atoms with Crippen LogP contribution in [0.15, 0.2) is 24.3 Å². The molecule has 0 saturated heterocycles. The average molecular weight is 245 g/mol. The molecule has 1 aromatic carbocycles. The second kappa shape index (κ2) is 5.42. The minimum absolute atomic E-state index is 0.236. The Labute approximate surface area is 95.0 Å². The van der Waals surface area contributed by atoms with Gasteiger partial charge in [0.15, 0.2) is 0 Å². The molecule has 1 aromatic rings. The lowest BCUT2D eigenvalue weighted by Gasteiger charge is -2.02. The second-order valence-electron chi connectivity index (χ2n) is 3.43. The molecule has 0 heterocycles. The fourth-order valence-corrected chi connectivity index (χ4v) is 3.33. The third-order valence-electron chi connectivity index (χ3n) is 1.82. The van der Waals surface area contributed by atoms with Crippen LogP contribution in [-0.2, 0) is 15.6 Å². The van der Waals surface area contributed by atoms with Gasteiger partial charge in [0.2, 0.25) is 0 Å². The molecule has 0 amide bonds. The maximum absolute atomic E-state index is 10.9. The lowest BCUT2D eigenvalue weighted by atomic mass is 10.2. The summed E-state index contributed by atoms with van der Waals surface area (Å²) in [4.78, 5) is 0. The van der Waals surface area contributed by atoms with Crippen LogP contribution in [0.25, 0.3) is 0 Å². The van der Waals surface area contributed by atoms with Gasteiger partial charge >= 0.3 is 0 Å². The van der Waals surface area contributed by atoms with Crippen molar-refractivity contribution in [3.05, 3.63) is 29.8 Å². The molecule has 0 aliphatic rings. The molecule has 0 aromatic heterocycles. The van der Waals surface area contributed by atoms with Gasteiger partial charge in [-0.1, -0.05) is 12.1 Å². The zero-order chi connectivity index (χ0) is 11.3. The van der Waals surface area contributed by atoms with Gasteiger partial charge in [-0.3, -0.25) is 0 Å². The first-order valence-electron chi connectivity index (χ1n) is 4.57. The van der Waals surface area contributed by atoms with E-state index in [4.69, 9.17) is 5.73 Å². The number of sulfone groups is 1. The van der Waals surface area contributed by atoms with Gasteiger partial charge in [-0.15, -0.1) is 0 Å². The highest BCUT2D eigenvalue weighted by Crippen LogP contribution is 2.14. The molecular formula is C10H15NO2S2. The van der Waals surface area contributed by atoms with Crippen LogP contribution in [0.5, 0.6) is 0 Å². The molecule has 0 spiro atoms. The highest BCUT2D eigenvalue weighted by molar-refractivity contribution is 7.99. The minimum atomic E-state index is -2.83. The van der Waals surface area contributed by atoms with Crippen LogP contribution in [0.1, 0.15) is 5.56 Å². The van der Waals surface area contributed by atoms with Crippen molar-refractivity contribution in [2.24, 2.45) is 0 Å². The van der Waals surface area contributed by atoms with Crippen LogP contribution in [0.3, 0.4) is 0 Å². The fourth-order valence-electron chi connectivity index (χ4n) is 1.08. The summed E-state index contributed by atoms with van der Waals surface area (Å²) in [5.74, 6) is 1.67. The number of thioether (sulfide) groups is 1. The van der Waals surface area contributed by atoms with Crippen molar-refractivity contribution in [3.63, 3.8) is 0 Å². The Hall–Kier alpha value is -0.680. The van der Waals surface area contributed by atoms with E-state index >= 15 is 0 Å². The highest BCUT2D eigenvalue weighted by Gasteiger charge is 2.01. The normalized spacial score (nSPS) is 11.5. The van der Waals surface area contributed by atoms with Gasteiger partial charge in [-0.2, -0.15) is 11.8 Å². The minimum Gasteiger partial charge on any atom is -0.399 e. The zero-order valence-corrected chi connectivity index (χ0v) is 10.3. The van der Waals surface area contributed by atoms with Crippen molar-refractivity contribution >= 4 is 27.3 Å². The van der Waals surface area contributed by atoms with Crippen molar-refractivity contribution in [2.45, 2.75) is 5.75 Å². The smallest absolute Gasteiger partial charge is 0.148 e. The molecule has 15 heavy (non-hydrogen) atoms. The summed E-state index contributed by atoms with van der Waals surface area (Å²) in [5.41, 5.74) is 7.51. The van der Waals surface area contributed by atoms with E-state index in [0.29, 0.717) is 5.75 Å². The molecule has 0 atom stereocenters. The van der Waals surface area contributed by atoms with E-state index in [1.807, 2.05) is 24.3 Å². The molecule has 0 radical (unpaired) electrons. The standard InChI is InChI=1S/C10H15NO2S2/c1-15(12,13)6-5-14-8-9-3-2-4-10(11)7-9/h2-4,7H,5-6,8,11H2,1H3. The Morgan fingerprint density at radius 2 is 2.13 bits per heavy atom. The van der Waals surface area contributed by atoms with Gasteiger partial charge in [0.05, 0.1) is 5.75 Å². The maximum atomic E-state index is 10.9. The van der Waals surface area contributed by atoms with Crippen LogP contribution >= 0.6 is 11.8 Å². The van der Waals surface area contributed by atoms with Crippen molar-refractivity contribution in [1.82, 2.24) is 0 Å². The average Bonchev–Trinajstić information content (AvgIpc) is 2.11. The van der Waals surface area contributed by atoms with Gasteiger partial charge < -0.3 is 5.73 Å². The SMILES string of the molecule is CS(=O)(=O)CCSCc1cccc(N)c1. The molecule has 2 N–H and O–H groups in total. The summed E-state index contributed by atoms with van der Waals surface area (Å²) < 4.78 is 21.7. The number of anilines is 1. The van der Waals surface area contributed by atoms with Crippen LogP contribution in [0, 0.1) is 0 Å². The Kier molecular flexibility index (Phi) is 4.47. The predicted molar refractivity (Wildman–Crippen MR) is 66.7 cm³/mol. The van der Waals surface area contributed by atoms with E-state index in [9.17, 15) is 8.42 Å². The molecule has 0 fully saturated rings. The van der Waals surface area contributed by atoms with Crippen molar-refractivity contribution in [3.8, 4) is 0 Å². The lowest BCUT2D eigenvalue weighted by molar-refractivity contribution is 0.603. The van der Waals surface area contributed by atoms with Crippen molar-refractivity contribution in [1.29, 1.82) is 0 Å². The molecule has 3 nitrogen and oxygen atoms in total. The number of rotatable bonds is 5. The van der Waals surface area contributed by atoms with Crippen molar-refractivity contribution in [2.75, 3.05) is 23.5 Å². The Bertz CT molecular complexity index is 415. The maximum Gasteiger partial charge on any atom is 0.148 e. The Morgan fingerprint density at radius 1 is 1.40 bits per heavy atom. The summed E-state index contributed by atoms with van der Waals surface area (Å²) in [6, 6.07) is 7.64. The number of nitrogens with two attached hydrogens (primary N) is 1. The highest BCUT2D eigenvalue weighted by atomic mass is 32.2. The molecule has 5 heteroatoms.